The molecule has 0 saturated carbocycles. The van der Waals surface area contributed by atoms with Crippen molar-refractivity contribution >= 4 is 11.6 Å². The first-order chi connectivity index (χ1) is 9.72. The van der Waals surface area contributed by atoms with Crippen molar-refractivity contribution in [3.8, 4) is 0 Å². The average molecular weight is 269 g/mol. The highest BCUT2D eigenvalue weighted by atomic mass is 15.1. The second-order valence-electron chi connectivity index (χ2n) is 5.17. The fourth-order valence-electron chi connectivity index (χ4n) is 2.51. The van der Waals surface area contributed by atoms with Crippen LogP contribution < -0.4 is 10.6 Å². The predicted octanol–water partition coefficient (Wildman–Crippen LogP) is 2.66. The highest BCUT2D eigenvalue weighted by Crippen LogP contribution is 2.24. The summed E-state index contributed by atoms with van der Waals surface area (Å²) in [6.07, 6.45) is 4.12. The molecule has 2 N–H and O–H groups in total. The van der Waals surface area contributed by atoms with Crippen molar-refractivity contribution in [2.75, 3.05) is 11.9 Å². The Morgan fingerprint density at radius 1 is 1.30 bits per heavy atom. The maximum absolute atomic E-state index is 4.55. The fourth-order valence-corrected chi connectivity index (χ4v) is 2.51. The van der Waals surface area contributed by atoms with Crippen LogP contribution in [-0.2, 0) is 0 Å². The van der Waals surface area contributed by atoms with E-state index in [9.17, 15) is 0 Å². The van der Waals surface area contributed by atoms with Gasteiger partial charge in [-0.3, -0.25) is 0 Å². The minimum absolute atomic E-state index is 0.349. The molecule has 0 aromatic carbocycles. The van der Waals surface area contributed by atoms with Gasteiger partial charge >= 0.3 is 0 Å². The number of nitrogens with one attached hydrogen (secondary N) is 2. The third-order valence-electron chi connectivity index (χ3n) is 3.53. The third-order valence-corrected chi connectivity index (χ3v) is 3.53. The van der Waals surface area contributed by atoms with Gasteiger partial charge in [0.1, 0.15) is 17.5 Å². The van der Waals surface area contributed by atoms with E-state index in [0.29, 0.717) is 6.04 Å². The molecule has 0 aliphatic carbocycles. The number of aryl methyl sites for hydroxylation is 2. The van der Waals surface area contributed by atoms with E-state index in [2.05, 4.69) is 25.6 Å². The summed E-state index contributed by atoms with van der Waals surface area (Å²) in [5, 5.41) is 6.76. The van der Waals surface area contributed by atoms with E-state index >= 15 is 0 Å². The largest absolute Gasteiger partial charge is 0.325 e. The first-order valence-corrected chi connectivity index (χ1v) is 7.00. The lowest BCUT2D eigenvalue weighted by Gasteiger charge is -2.13. The summed E-state index contributed by atoms with van der Waals surface area (Å²) in [6.45, 7) is 5.02. The van der Waals surface area contributed by atoms with Crippen LogP contribution in [0.3, 0.4) is 0 Å². The summed E-state index contributed by atoms with van der Waals surface area (Å²) < 4.78 is 0. The van der Waals surface area contributed by atoms with Gasteiger partial charge in [0.25, 0.3) is 0 Å². The molecule has 104 valence electrons. The molecule has 1 saturated heterocycles. The SMILES string of the molecule is Cc1nc(Nc2ncccc2C)cc([C@@H]2CCCN2)n1. The molecule has 0 amide bonds. The van der Waals surface area contributed by atoms with Crippen LogP contribution in [0.15, 0.2) is 24.4 Å². The van der Waals surface area contributed by atoms with E-state index in [1.54, 1.807) is 6.20 Å². The predicted molar refractivity (Wildman–Crippen MR) is 79.0 cm³/mol. The highest BCUT2D eigenvalue weighted by Gasteiger charge is 2.18. The number of hydrogen-bond acceptors (Lipinski definition) is 5. The number of hydrogen-bond donors (Lipinski definition) is 2. The van der Waals surface area contributed by atoms with E-state index < -0.39 is 0 Å². The van der Waals surface area contributed by atoms with Gasteiger partial charge < -0.3 is 10.6 Å². The quantitative estimate of drug-likeness (QED) is 0.897. The fraction of sp³-hybridized carbons (Fsp3) is 0.400. The van der Waals surface area contributed by atoms with E-state index in [0.717, 1.165) is 41.7 Å². The molecule has 3 rings (SSSR count). The molecule has 5 heteroatoms. The van der Waals surface area contributed by atoms with Crippen molar-refractivity contribution in [2.45, 2.75) is 32.7 Å². The summed E-state index contributed by atoms with van der Waals surface area (Å²) in [4.78, 5) is 13.3. The molecule has 5 nitrogen and oxygen atoms in total. The van der Waals surface area contributed by atoms with E-state index in [1.165, 1.54) is 6.42 Å². The van der Waals surface area contributed by atoms with Gasteiger partial charge in [0, 0.05) is 18.3 Å². The molecule has 1 aliphatic rings. The molecule has 0 bridgehead atoms. The zero-order chi connectivity index (χ0) is 13.9. The minimum Gasteiger partial charge on any atom is -0.325 e. The average Bonchev–Trinajstić information content (AvgIpc) is 2.95. The number of nitrogens with zero attached hydrogens (tertiary/aromatic N) is 3. The van der Waals surface area contributed by atoms with Crippen LogP contribution in [0.4, 0.5) is 11.6 Å². The zero-order valence-electron chi connectivity index (χ0n) is 11.8. The van der Waals surface area contributed by atoms with Gasteiger partial charge in [0.2, 0.25) is 0 Å². The molecule has 1 aliphatic heterocycles. The summed E-state index contributed by atoms with van der Waals surface area (Å²) in [5.74, 6) is 2.44. The molecule has 0 unspecified atom stereocenters. The molecule has 0 spiro atoms. The lowest BCUT2D eigenvalue weighted by molar-refractivity contribution is 0.623. The number of rotatable bonds is 3. The van der Waals surface area contributed by atoms with Crippen molar-refractivity contribution in [3.05, 3.63) is 41.5 Å². The van der Waals surface area contributed by atoms with Crippen molar-refractivity contribution < 1.29 is 0 Å². The Hall–Kier alpha value is -2.01. The van der Waals surface area contributed by atoms with Crippen LogP contribution in [0.5, 0.6) is 0 Å². The van der Waals surface area contributed by atoms with Crippen LogP contribution in [0.1, 0.15) is 36.0 Å². The van der Waals surface area contributed by atoms with Crippen molar-refractivity contribution in [3.63, 3.8) is 0 Å². The standard InChI is InChI=1S/C15H19N5/c1-10-5-3-8-17-15(10)20-14-9-13(18-11(2)19-14)12-6-4-7-16-12/h3,5,8-9,12,16H,4,6-7H2,1-2H3,(H,17,18,19,20)/t12-/m0/s1. The summed E-state index contributed by atoms with van der Waals surface area (Å²) >= 11 is 0. The van der Waals surface area contributed by atoms with E-state index in [4.69, 9.17) is 0 Å². The first kappa shape index (κ1) is 13.0. The maximum atomic E-state index is 4.55. The monoisotopic (exact) mass is 269 g/mol. The van der Waals surface area contributed by atoms with Crippen LogP contribution in [0, 0.1) is 13.8 Å². The Labute approximate surface area is 118 Å². The molecular weight excluding hydrogens is 250 g/mol. The third kappa shape index (κ3) is 2.77. The molecule has 1 atom stereocenters. The van der Waals surface area contributed by atoms with Crippen molar-refractivity contribution in [1.29, 1.82) is 0 Å². The van der Waals surface area contributed by atoms with Crippen molar-refractivity contribution in [2.24, 2.45) is 0 Å². The summed E-state index contributed by atoms with van der Waals surface area (Å²) in [7, 11) is 0. The topological polar surface area (TPSA) is 62.7 Å². The normalized spacial score (nSPS) is 18.2. The second-order valence-corrected chi connectivity index (χ2v) is 5.17. The van der Waals surface area contributed by atoms with Crippen LogP contribution >= 0.6 is 0 Å². The Bertz CT molecular complexity index is 605. The van der Waals surface area contributed by atoms with Crippen LogP contribution in [0.25, 0.3) is 0 Å². The molecule has 2 aromatic heterocycles. The lowest BCUT2D eigenvalue weighted by Crippen LogP contribution is -2.15. The molecule has 3 heterocycles. The molecule has 20 heavy (non-hydrogen) atoms. The van der Waals surface area contributed by atoms with Gasteiger partial charge in [0.05, 0.1) is 5.69 Å². The molecular formula is C15H19N5. The van der Waals surface area contributed by atoms with Gasteiger partial charge in [-0.2, -0.15) is 0 Å². The Balaban J connectivity index is 1.88. The minimum atomic E-state index is 0.349. The Morgan fingerprint density at radius 3 is 2.95 bits per heavy atom. The number of pyridine rings is 1. The van der Waals surface area contributed by atoms with E-state index in [1.807, 2.05) is 32.0 Å². The zero-order valence-corrected chi connectivity index (χ0v) is 11.8. The first-order valence-electron chi connectivity index (χ1n) is 7.00. The van der Waals surface area contributed by atoms with E-state index in [-0.39, 0.29) is 0 Å². The van der Waals surface area contributed by atoms with Gasteiger partial charge in [-0.1, -0.05) is 6.07 Å². The van der Waals surface area contributed by atoms with Gasteiger partial charge in [-0.25, -0.2) is 15.0 Å². The van der Waals surface area contributed by atoms with Gasteiger partial charge in [0.15, 0.2) is 0 Å². The Kier molecular flexibility index (Phi) is 3.60. The summed E-state index contributed by atoms with van der Waals surface area (Å²) in [5.41, 5.74) is 2.16. The second kappa shape index (κ2) is 5.54. The number of aromatic nitrogens is 3. The van der Waals surface area contributed by atoms with Crippen LogP contribution in [0.2, 0.25) is 0 Å². The smallest absolute Gasteiger partial charge is 0.135 e. The van der Waals surface area contributed by atoms with Crippen molar-refractivity contribution in [1.82, 2.24) is 20.3 Å². The lowest BCUT2D eigenvalue weighted by atomic mass is 10.1. The molecule has 1 fully saturated rings. The maximum Gasteiger partial charge on any atom is 0.135 e. The van der Waals surface area contributed by atoms with Crippen LogP contribution in [-0.4, -0.2) is 21.5 Å². The van der Waals surface area contributed by atoms with Gasteiger partial charge in [-0.15, -0.1) is 0 Å². The number of anilines is 2. The van der Waals surface area contributed by atoms with Gasteiger partial charge in [-0.05, 0) is 44.9 Å². The molecule has 0 radical (unpaired) electrons. The summed E-state index contributed by atoms with van der Waals surface area (Å²) in [6, 6.07) is 6.33. The molecule has 2 aromatic rings. The Morgan fingerprint density at radius 2 is 2.20 bits per heavy atom. The highest BCUT2D eigenvalue weighted by molar-refractivity contribution is 5.55.